The van der Waals surface area contributed by atoms with Crippen molar-refractivity contribution in [3.63, 3.8) is 0 Å². The number of likely N-dealkylation sites (N-methyl/N-ethyl adjacent to an activating group) is 1. The summed E-state index contributed by atoms with van der Waals surface area (Å²) in [7, 11) is 2.93. The van der Waals surface area contributed by atoms with Crippen LogP contribution in [0.1, 0.15) is 44.4 Å². The van der Waals surface area contributed by atoms with E-state index in [0.717, 1.165) is 22.3 Å². The molecule has 1 aromatic carbocycles. The number of hydrogen-bond acceptors (Lipinski definition) is 6. The third-order valence-electron chi connectivity index (χ3n) is 7.32. The number of benzene rings is 1. The normalized spacial score (nSPS) is 20.4. The average molecular weight is 576 g/mol. The van der Waals surface area contributed by atoms with Gasteiger partial charge in [0, 0.05) is 0 Å². The minimum atomic E-state index is -2.06. The van der Waals surface area contributed by atoms with Crippen LogP contribution in [0.3, 0.4) is 0 Å². The fraction of sp³-hybridized carbons (Fsp3) is 0.500. The number of carbonyl (C=O) groups is 1. The molecule has 2 aromatic rings. The van der Waals surface area contributed by atoms with Crippen molar-refractivity contribution in [1.29, 1.82) is 0 Å². The van der Waals surface area contributed by atoms with Crippen LogP contribution in [0.5, 0.6) is 5.88 Å². The predicted molar refractivity (Wildman–Crippen MR) is 148 cm³/mol. The van der Waals surface area contributed by atoms with Gasteiger partial charge >= 0.3 is 224 Å². The Morgan fingerprint density at radius 1 is 1.14 bits per heavy atom. The number of hydrogen-bond donors (Lipinski definition) is 1. The van der Waals surface area contributed by atoms with Gasteiger partial charge in [-0.1, -0.05) is 0 Å². The van der Waals surface area contributed by atoms with Crippen LogP contribution in [0.2, 0.25) is 18.1 Å². The summed E-state index contributed by atoms with van der Waals surface area (Å²) < 4.78 is 18.8. The molecule has 0 bridgehead atoms. The molecule has 1 N–H and O–H groups in total. The van der Waals surface area contributed by atoms with Gasteiger partial charge in [0.05, 0.1) is 0 Å². The molecule has 0 saturated heterocycles. The van der Waals surface area contributed by atoms with Crippen molar-refractivity contribution >= 4 is 33.7 Å². The quantitative estimate of drug-likeness (QED) is 0.354. The molecule has 1 heterocycles. The minimum absolute atomic E-state index is 0.0721. The molecule has 8 heteroatoms. The van der Waals surface area contributed by atoms with E-state index in [2.05, 4.69) is 75.6 Å². The number of aromatic nitrogens is 1. The third-order valence-corrected chi connectivity index (χ3v) is 13.8. The van der Waals surface area contributed by atoms with E-state index in [1.165, 1.54) is 11.6 Å². The Bertz CT molecular complexity index is 1070. The van der Waals surface area contributed by atoms with E-state index in [4.69, 9.17) is 18.9 Å². The van der Waals surface area contributed by atoms with Gasteiger partial charge in [0.15, 0.2) is 0 Å². The van der Waals surface area contributed by atoms with Crippen LogP contribution in [0.25, 0.3) is 0 Å². The van der Waals surface area contributed by atoms with Crippen molar-refractivity contribution < 1.29 is 18.7 Å². The molecule has 0 aliphatic heterocycles. The second-order valence-corrected chi connectivity index (χ2v) is 17.6. The second kappa shape index (κ2) is 11.9. The molecule has 0 fully saturated rings. The number of ether oxygens (including phenoxy) is 2. The Kier molecular flexibility index (Phi) is 9.44. The third kappa shape index (κ3) is 6.60. The second-order valence-electron chi connectivity index (χ2n) is 10.7. The molecule has 1 aliphatic carbocycles. The summed E-state index contributed by atoms with van der Waals surface area (Å²) >= 11 is 0.198. The summed E-state index contributed by atoms with van der Waals surface area (Å²) in [5.41, 5.74) is 2.04. The van der Waals surface area contributed by atoms with E-state index in [0.29, 0.717) is 12.3 Å². The van der Waals surface area contributed by atoms with Crippen LogP contribution >= 0.6 is 0 Å². The summed E-state index contributed by atoms with van der Waals surface area (Å²) in [6.45, 7) is 11.2. The topological polar surface area (TPSA) is 69.7 Å². The molecule has 3 atom stereocenters. The number of nitrogens with one attached hydrogen (secondary N) is 1. The molecule has 0 radical (unpaired) electrons. The first kappa shape index (κ1) is 28.4. The maximum absolute atomic E-state index is 13.1. The maximum atomic E-state index is 13.1. The Morgan fingerprint density at radius 3 is 2.42 bits per heavy atom. The fourth-order valence-electron chi connectivity index (χ4n) is 4.26. The van der Waals surface area contributed by atoms with Crippen molar-refractivity contribution in [2.75, 3.05) is 21.3 Å². The first-order chi connectivity index (χ1) is 17.0. The first-order valence-corrected chi connectivity index (χ1v) is 17.3. The monoisotopic (exact) mass is 576 g/mol. The predicted octanol–water partition coefficient (Wildman–Crippen LogP) is 4.39. The van der Waals surface area contributed by atoms with Gasteiger partial charge in [-0.15, -0.1) is 0 Å². The van der Waals surface area contributed by atoms with Gasteiger partial charge < -0.3 is 0 Å². The Hall–Kier alpha value is -2.12. The van der Waals surface area contributed by atoms with Crippen LogP contribution in [-0.4, -0.2) is 61.5 Å². The zero-order valence-electron chi connectivity index (χ0n) is 22.8. The van der Waals surface area contributed by atoms with Gasteiger partial charge in [-0.05, 0) is 0 Å². The van der Waals surface area contributed by atoms with Crippen LogP contribution < -0.4 is 14.5 Å². The molecule has 0 spiro atoms. The van der Waals surface area contributed by atoms with Gasteiger partial charge in [-0.25, -0.2) is 0 Å². The zero-order valence-corrected chi connectivity index (χ0v) is 25.5. The molecule has 3 rings (SSSR count). The van der Waals surface area contributed by atoms with Crippen molar-refractivity contribution in [3.8, 4) is 5.88 Å². The summed E-state index contributed by atoms with van der Waals surface area (Å²) in [6, 6.07) is 14.2. The summed E-state index contributed by atoms with van der Waals surface area (Å²) in [5, 5.41) is 4.22. The molecule has 0 amide bonds. The molecule has 1 aromatic heterocycles. The molecule has 0 unspecified atom stereocenters. The van der Waals surface area contributed by atoms with Crippen LogP contribution in [0.15, 0.2) is 54.3 Å². The number of pyridine rings is 1. The molecule has 36 heavy (non-hydrogen) atoms. The molecular formula is C28H40N2O4SeSi. The van der Waals surface area contributed by atoms with E-state index in [-0.39, 0.29) is 43.8 Å². The number of methoxy groups -OCH3 is 2. The number of allylic oxidation sites excluding steroid dienone is 1. The number of nitrogens with zero attached hydrogens (tertiary/aromatic N) is 1. The fourth-order valence-corrected chi connectivity index (χ4v) is 7.23. The average Bonchev–Trinajstić information content (AvgIpc) is 2.86. The number of esters is 1. The number of carbonyl (C=O) groups excluding carboxylic acids is 1. The van der Waals surface area contributed by atoms with E-state index >= 15 is 0 Å². The van der Waals surface area contributed by atoms with Gasteiger partial charge in [0.2, 0.25) is 0 Å². The Labute approximate surface area is 223 Å². The summed E-state index contributed by atoms with van der Waals surface area (Å²) in [6.07, 6.45) is 2.72. The standard InChI is InChI=1S/C28H40N2O4SeSi/c1-28(2,3)36(7,8)34-19-16-22(26(27(31)33-6)23(17-19)29-4)21-14-15-25(32-5)30-24(21)18-35-20-12-10-9-11-13-20/h9-15,17,22-23,26,29H,16,18H2,1-8H3/t22-,23+,26-/m1/s1. The van der Waals surface area contributed by atoms with E-state index < -0.39 is 8.32 Å². The van der Waals surface area contributed by atoms with Gasteiger partial charge in [-0.3, -0.25) is 0 Å². The number of rotatable bonds is 9. The van der Waals surface area contributed by atoms with E-state index in [1.54, 1.807) is 7.11 Å². The van der Waals surface area contributed by atoms with Crippen LogP contribution in [0.4, 0.5) is 0 Å². The molecule has 1 aliphatic rings. The van der Waals surface area contributed by atoms with Gasteiger partial charge in [0.25, 0.3) is 0 Å². The Morgan fingerprint density at radius 2 is 1.83 bits per heavy atom. The van der Waals surface area contributed by atoms with Crippen LogP contribution in [-0.2, 0) is 19.3 Å². The zero-order chi connectivity index (χ0) is 26.5. The van der Waals surface area contributed by atoms with E-state index in [9.17, 15) is 4.79 Å². The van der Waals surface area contributed by atoms with Crippen molar-refractivity contribution in [2.24, 2.45) is 5.92 Å². The molecule has 6 nitrogen and oxygen atoms in total. The Balaban J connectivity index is 2.04. The van der Waals surface area contributed by atoms with Gasteiger partial charge in [-0.2, -0.15) is 0 Å². The molecular weight excluding hydrogens is 535 g/mol. The summed E-state index contributed by atoms with van der Waals surface area (Å²) in [4.78, 5) is 18.0. The van der Waals surface area contributed by atoms with Gasteiger partial charge in [0.1, 0.15) is 0 Å². The van der Waals surface area contributed by atoms with E-state index in [1.807, 2.05) is 19.2 Å². The molecule has 196 valence electrons. The summed E-state index contributed by atoms with van der Waals surface area (Å²) in [5.74, 6) is 0.796. The van der Waals surface area contributed by atoms with Crippen molar-refractivity contribution in [2.45, 2.75) is 62.6 Å². The van der Waals surface area contributed by atoms with Crippen molar-refractivity contribution in [1.82, 2.24) is 10.3 Å². The SMILES string of the molecule is CN[C@H]1C=C(O[Si](C)(C)C(C)(C)C)C[C@H](c2ccc(OC)nc2C[Se]c2ccccc2)[C@H]1C(=O)OC. The van der Waals surface area contributed by atoms with Crippen molar-refractivity contribution in [3.05, 3.63) is 65.6 Å². The molecule has 0 saturated carbocycles. The first-order valence-electron chi connectivity index (χ1n) is 12.4. The van der Waals surface area contributed by atoms with Crippen LogP contribution in [0, 0.1) is 5.92 Å².